The third-order valence-electron chi connectivity index (χ3n) is 3.55. The van der Waals surface area contributed by atoms with E-state index in [0.717, 1.165) is 35.2 Å². The Balaban J connectivity index is 1.53. The summed E-state index contributed by atoms with van der Waals surface area (Å²) >= 11 is 5.43. The van der Waals surface area contributed by atoms with Crippen molar-refractivity contribution >= 4 is 61.7 Å². The predicted octanol–water partition coefficient (Wildman–Crippen LogP) is 5.30. The molecule has 0 bridgehead atoms. The number of carbonyl (C=O) groups excluding carboxylic acids is 2. The normalized spacial score (nSPS) is 11.2. The molecule has 2 aromatic carbocycles. The van der Waals surface area contributed by atoms with Crippen molar-refractivity contribution in [1.82, 2.24) is 10.2 Å². The standard InChI is InChI=1S/C18H12BrF3N4O2S2/c19-13-7-2-1-6-12(13)15(28)24-16-25-26-17(30-16)29-9-14(27)23-11-5-3-4-10(8-11)18(20,21)22/h1-8H,9H2,(H,23,27)(H,24,25,28). The molecule has 3 aromatic rings. The van der Waals surface area contributed by atoms with Gasteiger partial charge in [0.25, 0.3) is 5.91 Å². The molecular formula is C18H12BrF3N4O2S2. The minimum absolute atomic E-state index is 0.0501. The Bertz CT molecular complexity index is 1080. The van der Waals surface area contributed by atoms with Crippen molar-refractivity contribution in [2.75, 3.05) is 16.4 Å². The van der Waals surface area contributed by atoms with Crippen LogP contribution < -0.4 is 10.6 Å². The van der Waals surface area contributed by atoms with Gasteiger partial charge in [0.05, 0.1) is 16.9 Å². The molecule has 12 heteroatoms. The number of anilines is 2. The Morgan fingerprint density at radius 2 is 1.83 bits per heavy atom. The van der Waals surface area contributed by atoms with Gasteiger partial charge in [-0.3, -0.25) is 14.9 Å². The van der Waals surface area contributed by atoms with Gasteiger partial charge < -0.3 is 5.32 Å². The summed E-state index contributed by atoms with van der Waals surface area (Å²) in [4.78, 5) is 24.3. The van der Waals surface area contributed by atoms with E-state index in [-0.39, 0.29) is 22.5 Å². The average Bonchev–Trinajstić information content (AvgIpc) is 3.13. The van der Waals surface area contributed by atoms with Crippen molar-refractivity contribution < 1.29 is 22.8 Å². The van der Waals surface area contributed by atoms with Gasteiger partial charge in [0.15, 0.2) is 4.34 Å². The molecule has 1 heterocycles. The number of nitrogens with one attached hydrogen (secondary N) is 2. The Kier molecular flexibility index (Phi) is 7.10. The van der Waals surface area contributed by atoms with E-state index in [2.05, 4.69) is 36.8 Å². The maximum Gasteiger partial charge on any atom is 0.416 e. The van der Waals surface area contributed by atoms with E-state index in [1.807, 2.05) is 0 Å². The summed E-state index contributed by atoms with van der Waals surface area (Å²) in [5.41, 5.74) is -0.362. The Morgan fingerprint density at radius 3 is 2.57 bits per heavy atom. The summed E-state index contributed by atoms with van der Waals surface area (Å²) in [7, 11) is 0. The number of carbonyl (C=O) groups is 2. The van der Waals surface area contributed by atoms with Gasteiger partial charge in [-0.15, -0.1) is 10.2 Å². The van der Waals surface area contributed by atoms with E-state index in [1.165, 1.54) is 12.1 Å². The van der Waals surface area contributed by atoms with Gasteiger partial charge in [0, 0.05) is 10.2 Å². The largest absolute Gasteiger partial charge is 0.416 e. The number of rotatable bonds is 6. The molecule has 2 N–H and O–H groups in total. The Morgan fingerprint density at radius 1 is 1.07 bits per heavy atom. The summed E-state index contributed by atoms with van der Waals surface area (Å²) in [6.07, 6.45) is -4.49. The van der Waals surface area contributed by atoms with E-state index >= 15 is 0 Å². The second-order valence-electron chi connectivity index (χ2n) is 5.72. The molecule has 0 radical (unpaired) electrons. The number of thioether (sulfide) groups is 1. The molecule has 0 spiro atoms. The van der Waals surface area contributed by atoms with Crippen LogP contribution in [-0.2, 0) is 11.0 Å². The fraction of sp³-hybridized carbons (Fsp3) is 0.111. The fourth-order valence-corrected chi connectivity index (χ4v) is 4.24. The third-order valence-corrected chi connectivity index (χ3v) is 6.21. The number of benzene rings is 2. The van der Waals surface area contributed by atoms with Crippen molar-refractivity contribution in [3.63, 3.8) is 0 Å². The molecule has 0 aliphatic rings. The van der Waals surface area contributed by atoms with Gasteiger partial charge in [-0.2, -0.15) is 13.2 Å². The monoisotopic (exact) mass is 516 g/mol. The minimum atomic E-state index is -4.49. The summed E-state index contributed by atoms with van der Waals surface area (Å²) in [5, 5.41) is 13.0. The highest BCUT2D eigenvalue weighted by molar-refractivity contribution is 9.10. The Labute approximate surface area is 185 Å². The third kappa shape index (κ3) is 6.03. The molecule has 6 nitrogen and oxygen atoms in total. The number of hydrogen-bond acceptors (Lipinski definition) is 6. The van der Waals surface area contributed by atoms with Gasteiger partial charge >= 0.3 is 6.18 Å². The molecule has 2 amide bonds. The van der Waals surface area contributed by atoms with E-state index in [4.69, 9.17) is 0 Å². The number of aromatic nitrogens is 2. The van der Waals surface area contributed by atoms with Gasteiger partial charge in [-0.25, -0.2) is 0 Å². The zero-order valence-electron chi connectivity index (χ0n) is 14.9. The molecule has 0 atom stereocenters. The molecule has 0 saturated heterocycles. The molecule has 0 aliphatic heterocycles. The first-order valence-electron chi connectivity index (χ1n) is 8.21. The molecule has 0 unspecified atom stereocenters. The lowest BCUT2D eigenvalue weighted by molar-refractivity contribution is -0.137. The van der Waals surface area contributed by atoms with Crippen LogP contribution in [0.2, 0.25) is 0 Å². The topological polar surface area (TPSA) is 84.0 Å². The molecule has 156 valence electrons. The maximum atomic E-state index is 12.7. The number of hydrogen-bond donors (Lipinski definition) is 2. The predicted molar refractivity (Wildman–Crippen MR) is 113 cm³/mol. The lowest BCUT2D eigenvalue weighted by Crippen LogP contribution is -2.15. The lowest BCUT2D eigenvalue weighted by atomic mass is 10.2. The molecule has 3 rings (SSSR count). The van der Waals surface area contributed by atoms with Gasteiger partial charge in [-0.1, -0.05) is 41.3 Å². The SMILES string of the molecule is O=C(CSc1nnc(NC(=O)c2ccccc2Br)s1)Nc1cccc(C(F)(F)F)c1. The van der Waals surface area contributed by atoms with Crippen molar-refractivity contribution in [2.24, 2.45) is 0 Å². The molecule has 0 saturated carbocycles. The van der Waals surface area contributed by atoms with E-state index < -0.39 is 17.6 Å². The van der Waals surface area contributed by atoms with Crippen LogP contribution in [0.3, 0.4) is 0 Å². The summed E-state index contributed by atoms with van der Waals surface area (Å²) in [5.74, 6) is -0.936. The maximum absolute atomic E-state index is 12.7. The average molecular weight is 517 g/mol. The molecule has 0 fully saturated rings. The van der Waals surface area contributed by atoms with Crippen LogP contribution in [0, 0.1) is 0 Å². The zero-order chi connectivity index (χ0) is 21.7. The molecular weight excluding hydrogens is 505 g/mol. The lowest BCUT2D eigenvalue weighted by Gasteiger charge is -2.09. The number of halogens is 4. The zero-order valence-corrected chi connectivity index (χ0v) is 18.1. The van der Waals surface area contributed by atoms with Crippen molar-refractivity contribution in [3.05, 3.63) is 64.1 Å². The Hall–Kier alpha value is -2.44. The summed E-state index contributed by atoms with van der Waals surface area (Å²) in [6, 6.07) is 11.3. The highest BCUT2D eigenvalue weighted by Crippen LogP contribution is 2.31. The van der Waals surface area contributed by atoms with Crippen LogP contribution in [0.1, 0.15) is 15.9 Å². The smallest absolute Gasteiger partial charge is 0.325 e. The first-order valence-corrected chi connectivity index (χ1v) is 10.8. The first kappa shape index (κ1) is 22.2. The van der Waals surface area contributed by atoms with E-state index in [9.17, 15) is 22.8 Å². The second-order valence-corrected chi connectivity index (χ2v) is 8.78. The number of amides is 2. The minimum Gasteiger partial charge on any atom is -0.325 e. The van der Waals surface area contributed by atoms with Crippen LogP contribution in [-0.4, -0.2) is 27.8 Å². The van der Waals surface area contributed by atoms with Crippen LogP contribution in [0.5, 0.6) is 0 Å². The van der Waals surface area contributed by atoms with Crippen LogP contribution >= 0.6 is 39.0 Å². The van der Waals surface area contributed by atoms with Crippen LogP contribution in [0.4, 0.5) is 24.0 Å². The molecule has 0 aliphatic carbocycles. The quantitative estimate of drug-likeness (QED) is 0.343. The van der Waals surface area contributed by atoms with Crippen molar-refractivity contribution in [3.8, 4) is 0 Å². The molecule has 1 aromatic heterocycles. The van der Waals surface area contributed by atoms with Crippen molar-refractivity contribution in [1.29, 1.82) is 0 Å². The van der Waals surface area contributed by atoms with Gasteiger partial charge in [0.2, 0.25) is 11.0 Å². The van der Waals surface area contributed by atoms with Crippen LogP contribution in [0.15, 0.2) is 57.3 Å². The van der Waals surface area contributed by atoms with E-state index in [0.29, 0.717) is 14.4 Å². The second kappa shape index (κ2) is 9.58. The summed E-state index contributed by atoms with van der Waals surface area (Å²) < 4.78 is 39.3. The highest BCUT2D eigenvalue weighted by Gasteiger charge is 2.30. The van der Waals surface area contributed by atoms with E-state index in [1.54, 1.807) is 24.3 Å². The van der Waals surface area contributed by atoms with Crippen molar-refractivity contribution in [2.45, 2.75) is 10.5 Å². The van der Waals surface area contributed by atoms with Gasteiger partial charge in [-0.05, 0) is 46.3 Å². The summed E-state index contributed by atoms with van der Waals surface area (Å²) in [6.45, 7) is 0. The number of nitrogens with zero attached hydrogens (tertiary/aromatic N) is 2. The number of alkyl halides is 3. The first-order chi connectivity index (χ1) is 14.2. The highest BCUT2D eigenvalue weighted by atomic mass is 79.9. The fourth-order valence-electron chi connectivity index (χ4n) is 2.23. The van der Waals surface area contributed by atoms with Gasteiger partial charge in [0.1, 0.15) is 0 Å². The molecule has 30 heavy (non-hydrogen) atoms. The van der Waals surface area contributed by atoms with Crippen LogP contribution in [0.25, 0.3) is 0 Å².